The molecule has 2 aromatic rings. The molecule has 21 heavy (non-hydrogen) atoms. The van der Waals surface area contributed by atoms with Crippen molar-refractivity contribution in [3.05, 3.63) is 59.7 Å². The topological polar surface area (TPSA) is 0 Å². The summed E-state index contributed by atoms with van der Waals surface area (Å²) in [6, 6.07) is 12.7. The number of rotatable bonds is 2. The van der Waals surface area contributed by atoms with Crippen LogP contribution >= 0.6 is 0 Å². The Morgan fingerprint density at radius 2 is 1.48 bits per heavy atom. The molecule has 108 valence electrons. The van der Waals surface area contributed by atoms with Gasteiger partial charge in [0.15, 0.2) is 0 Å². The van der Waals surface area contributed by atoms with E-state index in [1.807, 2.05) is 38.1 Å². The summed E-state index contributed by atoms with van der Waals surface area (Å²) in [7, 11) is 0. The van der Waals surface area contributed by atoms with Crippen LogP contribution in [0, 0.1) is 12.3 Å². The summed E-state index contributed by atoms with van der Waals surface area (Å²) in [6.45, 7) is 3.83. The van der Waals surface area contributed by atoms with Crippen molar-refractivity contribution in [2.75, 3.05) is 0 Å². The zero-order valence-corrected chi connectivity index (χ0v) is 11.8. The van der Waals surface area contributed by atoms with Crippen LogP contribution in [0.5, 0.6) is 0 Å². The van der Waals surface area contributed by atoms with Crippen molar-refractivity contribution in [1.29, 1.82) is 0 Å². The van der Waals surface area contributed by atoms with Crippen LogP contribution in [-0.2, 0) is 11.6 Å². The average Bonchev–Trinajstić information content (AvgIpc) is 2.46. The van der Waals surface area contributed by atoms with Crippen molar-refractivity contribution in [2.24, 2.45) is 0 Å². The monoisotopic (exact) mass is 288 g/mol. The van der Waals surface area contributed by atoms with Gasteiger partial charge in [-0.2, -0.15) is 13.2 Å². The number of halogens is 3. The molecular weight excluding hydrogens is 273 g/mol. The van der Waals surface area contributed by atoms with Gasteiger partial charge < -0.3 is 0 Å². The van der Waals surface area contributed by atoms with E-state index in [1.54, 1.807) is 0 Å². The van der Waals surface area contributed by atoms with Gasteiger partial charge in [0, 0.05) is 0 Å². The Kier molecular flexibility index (Phi) is 3.82. The first-order valence-electron chi connectivity index (χ1n) is 6.50. The van der Waals surface area contributed by atoms with E-state index in [1.165, 1.54) is 12.1 Å². The molecule has 0 aliphatic heterocycles. The van der Waals surface area contributed by atoms with Gasteiger partial charge in [0.05, 0.1) is 11.0 Å². The zero-order valence-electron chi connectivity index (χ0n) is 11.8. The van der Waals surface area contributed by atoms with Gasteiger partial charge in [0.1, 0.15) is 0 Å². The third kappa shape index (κ3) is 3.11. The molecule has 0 saturated heterocycles. The molecule has 0 heterocycles. The molecule has 0 amide bonds. The molecule has 0 spiro atoms. The number of alkyl halides is 3. The molecule has 0 N–H and O–H groups in total. The summed E-state index contributed by atoms with van der Waals surface area (Å²) in [4.78, 5) is 0. The fourth-order valence-corrected chi connectivity index (χ4v) is 2.20. The number of hydrogen-bond acceptors (Lipinski definition) is 0. The van der Waals surface area contributed by atoms with Crippen molar-refractivity contribution in [2.45, 2.75) is 25.4 Å². The summed E-state index contributed by atoms with van der Waals surface area (Å²) >= 11 is 0. The highest BCUT2D eigenvalue weighted by molar-refractivity contribution is 5.70. The van der Waals surface area contributed by atoms with Gasteiger partial charge >= 0.3 is 6.18 Å². The van der Waals surface area contributed by atoms with Crippen LogP contribution in [0.3, 0.4) is 0 Å². The molecule has 0 saturated carbocycles. The zero-order chi connectivity index (χ0) is 15.7. The first-order chi connectivity index (χ1) is 9.75. The summed E-state index contributed by atoms with van der Waals surface area (Å²) in [5.41, 5.74) is 1.36. The standard InChI is InChI=1S/C18H15F3/c1-4-17(2,3)16-8-6-5-7-15(16)13-9-11-14(12-10-13)18(19,20)21/h1,5-12H,2-3H3. The van der Waals surface area contributed by atoms with Crippen LogP contribution < -0.4 is 0 Å². The molecule has 0 aromatic heterocycles. The highest BCUT2D eigenvalue weighted by atomic mass is 19.4. The quantitative estimate of drug-likeness (QED) is 0.659. The van der Waals surface area contributed by atoms with Crippen LogP contribution in [0.15, 0.2) is 48.5 Å². The van der Waals surface area contributed by atoms with Crippen molar-refractivity contribution in [3.8, 4) is 23.5 Å². The van der Waals surface area contributed by atoms with Gasteiger partial charge in [-0.25, -0.2) is 0 Å². The van der Waals surface area contributed by atoms with Crippen LogP contribution in [0.4, 0.5) is 13.2 Å². The predicted molar refractivity (Wildman–Crippen MR) is 78.7 cm³/mol. The second-order valence-corrected chi connectivity index (χ2v) is 5.39. The third-order valence-corrected chi connectivity index (χ3v) is 3.48. The Morgan fingerprint density at radius 1 is 0.905 bits per heavy atom. The summed E-state index contributed by atoms with van der Waals surface area (Å²) in [5, 5.41) is 0. The minimum Gasteiger partial charge on any atom is -0.166 e. The number of terminal acetylenes is 1. The van der Waals surface area contributed by atoms with Crippen LogP contribution in [0.2, 0.25) is 0 Å². The second-order valence-electron chi connectivity index (χ2n) is 5.39. The molecule has 0 bridgehead atoms. The van der Waals surface area contributed by atoms with Gasteiger partial charge in [0.2, 0.25) is 0 Å². The molecule has 3 heteroatoms. The Hall–Kier alpha value is -2.21. The molecule has 2 rings (SSSR count). The lowest BCUT2D eigenvalue weighted by Crippen LogP contribution is -2.15. The smallest absolute Gasteiger partial charge is 0.166 e. The molecule has 2 aromatic carbocycles. The predicted octanol–water partition coefficient (Wildman–Crippen LogP) is 5.28. The fraction of sp³-hybridized carbons (Fsp3) is 0.222. The van der Waals surface area contributed by atoms with E-state index in [0.717, 1.165) is 28.8 Å². The van der Waals surface area contributed by atoms with Gasteiger partial charge in [-0.15, -0.1) is 6.42 Å². The first-order valence-corrected chi connectivity index (χ1v) is 6.50. The van der Waals surface area contributed by atoms with Crippen molar-refractivity contribution in [1.82, 2.24) is 0 Å². The number of benzene rings is 2. The minimum atomic E-state index is -4.32. The highest BCUT2D eigenvalue weighted by Gasteiger charge is 2.30. The lowest BCUT2D eigenvalue weighted by molar-refractivity contribution is -0.137. The summed E-state index contributed by atoms with van der Waals surface area (Å²) < 4.78 is 37.9. The van der Waals surface area contributed by atoms with E-state index < -0.39 is 17.2 Å². The van der Waals surface area contributed by atoms with Gasteiger partial charge in [0.25, 0.3) is 0 Å². The molecule has 0 aliphatic rings. The van der Waals surface area contributed by atoms with Crippen molar-refractivity contribution >= 4 is 0 Å². The SMILES string of the molecule is C#CC(C)(C)c1ccccc1-c1ccc(C(F)(F)F)cc1. The van der Waals surface area contributed by atoms with E-state index in [-0.39, 0.29) is 0 Å². The van der Waals surface area contributed by atoms with Crippen molar-refractivity contribution in [3.63, 3.8) is 0 Å². The van der Waals surface area contributed by atoms with Crippen LogP contribution in [-0.4, -0.2) is 0 Å². The Bertz CT molecular complexity index is 671. The molecule has 0 fully saturated rings. The lowest BCUT2D eigenvalue weighted by atomic mass is 9.81. The van der Waals surface area contributed by atoms with Gasteiger partial charge in [-0.1, -0.05) is 42.3 Å². The Morgan fingerprint density at radius 3 is 2.00 bits per heavy atom. The number of hydrogen-bond donors (Lipinski definition) is 0. The normalized spacial score (nSPS) is 12.0. The third-order valence-electron chi connectivity index (χ3n) is 3.48. The maximum Gasteiger partial charge on any atom is 0.416 e. The highest BCUT2D eigenvalue weighted by Crippen LogP contribution is 2.35. The molecule has 0 unspecified atom stereocenters. The summed E-state index contributed by atoms with van der Waals surface area (Å²) in [5.74, 6) is 2.72. The van der Waals surface area contributed by atoms with E-state index in [0.29, 0.717) is 0 Å². The van der Waals surface area contributed by atoms with E-state index in [2.05, 4.69) is 5.92 Å². The first kappa shape index (κ1) is 15.2. The van der Waals surface area contributed by atoms with E-state index in [9.17, 15) is 13.2 Å². The molecule has 0 atom stereocenters. The maximum atomic E-state index is 12.6. The minimum absolute atomic E-state index is 0.487. The van der Waals surface area contributed by atoms with Gasteiger partial charge in [-0.3, -0.25) is 0 Å². The van der Waals surface area contributed by atoms with E-state index in [4.69, 9.17) is 6.42 Å². The molecular formula is C18H15F3. The largest absolute Gasteiger partial charge is 0.416 e. The average molecular weight is 288 g/mol. The van der Waals surface area contributed by atoms with E-state index >= 15 is 0 Å². The van der Waals surface area contributed by atoms with Crippen LogP contribution in [0.25, 0.3) is 11.1 Å². The maximum absolute atomic E-state index is 12.6. The fourth-order valence-electron chi connectivity index (χ4n) is 2.20. The molecule has 0 aliphatic carbocycles. The Balaban J connectivity index is 2.52. The van der Waals surface area contributed by atoms with Crippen LogP contribution in [0.1, 0.15) is 25.0 Å². The molecule has 0 nitrogen and oxygen atoms in total. The molecule has 0 radical (unpaired) electrons. The van der Waals surface area contributed by atoms with Gasteiger partial charge in [-0.05, 0) is 42.7 Å². The summed E-state index contributed by atoms with van der Waals surface area (Å²) in [6.07, 6.45) is 1.24. The second kappa shape index (κ2) is 5.29. The lowest BCUT2D eigenvalue weighted by Gasteiger charge is -2.22. The Labute approximate surface area is 122 Å². The van der Waals surface area contributed by atoms with Crippen molar-refractivity contribution < 1.29 is 13.2 Å².